The average molecular weight is 328 g/mol. The fraction of sp³-hybridized carbons (Fsp3) is 0.500. The fourth-order valence-electron chi connectivity index (χ4n) is 3.24. The Balaban J connectivity index is 1.76. The van der Waals surface area contributed by atoms with E-state index in [1.54, 1.807) is 0 Å². The average Bonchev–Trinajstić information content (AvgIpc) is 3.07. The number of nitrogen functional groups attached to an aromatic ring is 1. The predicted molar refractivity (Wildman–Crippen MR) is 91.2 cm³/mol. The number of rotatable bonds is 5. The first kappa shape index (κ1) is 16.5. The van der Waals surface area contributed by atoms with Crippen LogP contribution in [-0.2, 0) is 11.2 Å². The van der Waals surface area contributed by atoms with E-state index in [-0.39, 0.29) is 11.9 Å². The zero-order valence-electron chi connectivity index (χ0n) is 14.0. The molecule has 6 heteroatoms. The van der Waals surface area contributed by atoms with Gasteiger partial charge in [-0.15, -0.1) is 10.2 Å². The van der Waals surface area contributed by atoms with Crippen LogP contribution in [0.25, 0.3) is 0 Å². The van der Waals surface area contributed by atoms with Crippen LogP contribution < -0.4 is 11.1 Å². The topological polar surface area (TPSA) is 94.0 Å². The number of carbonyl (C=O) groups excluding carboxylic acids is 1. The highest BCUT2D eigenvalue weighted by molar-refractivity contribution is 5.73. The first-order valence-electron chi connectivity index (χ1n) is 8.56. The van der Waals surface area contributed by atoms with Gasteiger partial charge >= 0.3 is 0 Å². The third-order valence-corrected chi connectivity index (χ3v) is 4.51. The fourth-order valence-corrected chi connectivity index (χ4v) is 3.24. The third-order valence-electron chi connectivity index (χ3n) is 4.51. The van der Waals surface area contributed by atoms with Crippen molar-refractivity contribution in [1.29, 1.82) is 0 Å². The van der Waals surface area contributed by atoms with Crippen molar-refractivity contribution in [2.75, 3.05) is 5.73 Å². The number of carbonyl (C=O) groups is 1. The second kappa shape index (κ2) is 7.47. The van der Waals surface area contributed by atoms with Gasteiger partial charge in [-0.3, -0.25) is 4.79 Å². The molecule has 1 aromatic carbocycles. The monoisotopic (exact) mass is 328 g/mol. The van der Waals surface area contributed by atoms with E-state index in [1.165, 1.54) is 26.2 Å². The number of hydrogen-bond donors (Lipinski definition) is 2. The van der Waals surface area contributed by atoms with Gasteiger partial charge < -0.3 is 15.5 Å². The van der Waals surface area contributed by atoms with E-state index in [4.69, 9.17) is 10.2 Å². The van der Waals surface area contributed by atoms with Crippen LogP contribution in [0.15, 0.2) is 28.7 Å². The molecule has 1 amide bonds. The molecule has 0 saturated heterocycles. The smallest absolute Gasteiger partial charge is 0.239 e. The molecule has 1 fully saturated rings. The van der Waals surface area contributed by atoms with Crippen molar-refractivity contribution in [3.8, 4) is 0 Å². The summed E-state index contributed by atoms with van der Waals surface area (Å²) >= 11 is 0. The SMILES string of the molecule is CC(=O)N[C@@H](Cc1ccc(N)cc1)c1nnc(C2CCCCC2)o1. The van der Waals surface area contributed by atoms with Crippen molar-refractivity contribution in [2.24, 2.45) is 0 Å². The molecule has 0 spiro atoms. The van der Waals surface area contributed by atoms with Crippen molar-refractivity contribution in [2.45, 2.75) is 57.4 Å². The van der Waals surface area contributed by atoms with Gasteiger partial charge in [0, 0.05) is 24.9 Å². The Bertz CT molecular complexity index is 675. The molecule has 0 bridgehead atoms. The summed E-state index contributed by atoms with van der Waals surface area (Å²) in [6.45, 7) is 1.49. The number of nitrogens with zero attached hydrogens (tertiary/aromatic N) is 2. The van der Waals surface area contributed by atoms with Crippen LogP contribution in [0.1, 0.15) is 68.3 Å². The summed E-state index contributed by atoms with van der Waals surface area (Å²) in [4.78, 5) is 11.6. The molecule has 0 aliphatic heterocycles. The minimum Gasteiger partial charge on any atom is -0.423 e. The number of anilines is 1. The predicted octanol–water partition coefficient (Wildman–Crippen LogP) is 3.12. The quantitative estimate of drug-likeness (QED) is 0.822. The number of aromatic nitrogens is 2. The molecule has 1 aromatic heterocycles. The van der Waals surface area contributed by atoms with E-state index in [2.05, 4.69) is 15.5 Å². The van der Waals surface area contributed by atoms with E-state index in [0.717, 1.165) is 18.4 Å². The summed E-state index contributed by atoms with van der Waals surface area (Å²) in [6.07, 6.45) is 6.50. The molecule has 1 atom stereocenters. The molecule has 0 unspecified atom stereocenters. The van der Waals surface area contributed by atoms with E-state index < -0.39 is 0 Å². The van der Waals surface area contributed by atoms with E-state index in [9.17, 15) is 4.79 Å². The van der Waals surface area contributed by atoms with E-state index in [0.29, 0.717) is 29.8 Å². The van der Waals surface area contributed by atoms with Gasteiger partial charge in [0.2, 0.25) is 17.7 Å². The van der Waals surface area contributed by atoms with Crippen molar-refractivity contribution in [1.82, 2.24) is 15.5 Å². The summed E-state index contributed by atoms with van der Waals surface area (Å²) in [5, 5.41) is 11.3. The zero-order valence-corrected chi connectivity index (χ0v) is 14.0. The Hall–Kier alpha value is -2.37. The minimum atomic E-state index is -0.323. The highest BCUT2D eigenvalue weighted by Gasteiger charge is 2.25. The first-order chi connectivity index (χ1) is 11.6. The summed E-state index contributed by atoms with van der Waals surface area (Å²) in [5.41, 5.74) is 7.50. The van der Waals surface area contributed by atoms with Gasteiger partial charge in [0.05, 0.1) is 0 Å². The van der Waals surface area contributed by atoms with Gasteiger partial charge in [-0.05, 0) is 30.5 Å². The van der Waals surface area contributed by atoms with Crippen LogP contribution in [0, 0.1) is 0 Å². The maximum absolute atomic E-state index is 11.6. The van der Waals surface area contributed by atoms with Crippen molar-refractivity contribution < 1.29 is 9.21 Å². The molecule has 6 nitrogen and oxygen atoms in total. The van der Waals surface area contributed by atoms with Gasteiger partial charge in [0.25, 0.3) is 0 Å². The molecule has 128 valence electrons. The van der Waals surface area contributed by atoms with Crippen LogP contribution in [0.5, 0.6) is 0 Å². The van der Waals surface area contributed by atoms with Gasteiger partial charge in [-0.2, -0.15) is 0 Å². The molecule has 1 heterocycles. The maximum atomic E-state index is 11.6. The van der Waals surface area contributed by atoms with Gasteiger partial charge in [-0.25, -0.2) is 0 Å². The third kappa shape index (κ3) is 4.13. The van der Waals surface area contributed by atoms with Gasteiger partial charge in [0.15, 0.2) is 0 Å². The first-order valence-corrected chi connectivity index (χ1v) is 8.56. The standard InChI is InChI=1S/C18H24N4O2/c1-12(23)20-16(11-13-7-9-15(19)10-8-13)18-22-21-17(24-18)14-5-3-2-4-6-14/h7-10,14,16H,2-6,11,19H2,1H3,(H,20,23)/t16-/m0/s1. The zero-order chi connectivity index (χ0) is 16.9. The number of nitrogens with two attached hydrogens (primary N) is 1. The van der Waals surface area contributed by atoms with Crippen LogP contribution in [0.4, 0.5) is 5.69 Å². The normalized spacial score (nSPS) is 16.7. The van der Waals surface area contributed by atoms with Gasteiger partial charge in [-0.1, -0.05) is 31.4 Å². The number of nitrogens with one attached hydrogen (secondary N) is 1. The number of amides is 1. The Labute approximate surface area is 141 Å². The van der Waals surface area contributed by atoms with Crippen LogP contribution in [0.3, 0.4) is 0 Å². The summed E-state index contributed by atoms with van der Waals surface area (Å²) in [5.74, 6) is 1.42. The highest BCUT2D eigenvalue weighted by Crippen LogP contribution is 2.32. The maximum Gasteiger partial charge on any atom is 0.239 e. The lowest BCUT2D eigenvalue weighted by Crippen LogP contribution is -2.28. The number of benzene rings is 1. The molecular weight excluding hydrogens is 304 g/mol. The summed E-state index contributed by atoms with van der Waals surface area (Å²) in [7, 11) is 0. The molecule has 2 aromatic rings. The van der Waals surface area contributed by atoms with E-state index >= 15 is 0 Å². The summed E-state index contributed by atoms with van der Waals surface area (Å²) in [6, 6.07) is 7.27. The lowest BCUT2D eigenvalue weighted by atomic mass is 9.89. The molecular formula is C18H24N4O2. The van der Waals surface area contributed by atoms with Crippen molar-refractivity contribution >= 4 is 11.6 Å². The molecule has 3 rings (SSSR count). The van der Waals surface area contributed by atoms with Crippen LogP contribution in [-0.4, -0.2) is 16.1 Å². The van der Waals surface area contributed by atoms with Crippen molar-refractivity contribution in [3.63, 3.8) is 0 Å². The van der Waals surface area contributed by atoms with Crippen molar-refractivity contribution in [3.05, 3.63) is 41.6 Å². The largest absolute Gasteiger partial charge is 0.423 e. The van der Waals surface area contributed by atoms with E-state index in [1.807, 2.05) is 24.3 Å². The second-order valence-electron chi connectivity index (χ2n) is 6.51. The molecule has 1 aliphatic carbocycles. The van der Waals surface area contributed by atoms with Crippen LogP contribution >= 0.6 is 0 Å². The molecule has 1 saturated carbocycles. The Morgan fingerprint density at radius 2 is 1.96 bits per heavy atom. The Morgan fingerprint density at radius 1 is 1.25 bits per heavy atom. The van der Waals surface area contributed by atoms with Crippen LogP contribution in [0.2, 0.25) is 0 Å². The molecule has 0 radical (unpaired) electrons. The highest BCUT2D eigenvalue weighted by atomic mass is 16.4. The number of hydrogen-bond acceptors (Lipinski definition) is 5. The lowest BCUT2D eigenvalue weighted by Gasteiger charge is -2.18. The Kier molecular flexibility index (Phi) is 5.13. The van der Waals surface area contributed by atoms with Gasteiger partial charge in [0.1, 0.15) is 6.04 Å². The second-order valence-corrected chi connectivity index (χ2v) is 6.51. The lowest BCUT2D eigenvalue weighted by molar-refractivity contribution is -0.119. The Morgan fingerprint density at radius 3 is 2.62 bits per heavy atom. The molecule has 3 N–H and O–H groups in total. The molecule has 24 heavy (non-hydrogen) atoms. The minimum absolute atomic E-state index is 0.118. The summed E-state index contributed by atoms with van der Waals surface area (Å²) < 4.78 is 5.92. The molecule has 1 aliphatic rings.